The lowest BCUT2D eigenvalue weighted by Gasteiger charge is -2.12. The summed E-state index contributed by atoms with van der Waals surface area (Å²) < 4.78 is 5.67. The van der Waals surface area contributed by atoms with Gasteiger partial charge in [-0.1, -0.05) is 48.5 Å². The Morgan fingerprint density at radius 2 is 1.75 bits per heavy atom. The van der Waals surface area contributed by atoms with E-state index in [2.05, 4.69) is 46.0 Å². The van der Waals surface area contributed by atoms with E-state index < -0.39 is 0 Å². The van der Waals surface area contributed by atoms with Gasteiger partial charge in [0.15, 0.2) is 5.96 Å². The highest BCUT2D eigenvalue weighted by Crippen LogP contribution is 2.46. The fraction of sp³-hybridized carbons (Fsp3) is 0.350. The molecule has 0 spiro atoms. The van der Waals surface area contributed by atoms with Crippen LogP contribution in [0, 0.1) is 5.92 Å². The molecule has 1 fully saturated rings. The largest absolute Gasteiger partial charge is 0.492 e. The third-order valence-corrected chi connectivity index (χ3v) is 4.31. The SMILES string of the molecule is CN=C(NCCOc1ccccc1)NCC1CC1c1ccccc1. The number of nitrogens with one attached hydrogen (secondary N) is 2. The molecule has 0 aliphatic heterocycles. The number of ether oxygens (including phenoxy) is 1. The molecule has 0 saturated heterocycles. The molecular formula is C20H25N3O. The maximum atomic E-state index is 5.67. The molecule has 0 amide bonds. The smallest absolute Gasteiger partial charge is 0.191 e. The van der Waals surface area contributed by atoms with Crippen molar-refractivity contribution >= 4 is 5.96 Å². The lowest BCUT2D eigenvalue weighted by Crippen LogP contribution is -2.40. The minimum atomic E-state index is 0.612. The van der Waals surface area contributed by atoms with Crippen LogP contribution in [0.3, 0.4) is 0 Å². The van der Waals surface area contributed by atoms with Gasteiger partial charge >= 0.3 is 0 Å². The first-order valence-corrected chi connectivity index (χ1v) is 8.54. The Hall–Kier alpha value is -2.49. The Balaban J connectivity index is 1.33. The number of aliphatic imine (C=N–C) groups is 1. The van der Waals surface area contributed by atoms with Crippen LogP contribution < -0.4 is 15.4 Å². The predicted octanol–water partition coefficient (Wildman–Crippen LogP) is 3.03. The zero-order valence-electron chi connectivity index (χ0n) is 14.1. The summed E-state index contributed by atoms with van der Waals surface area (Å²) in [7, 11) is 1.80. The van der Waals surface area contributed by atoms with Crippen LogP contribution in [0.25, 0.3) is 0 Å². The van der Waals surface area contributed by atoms with Crippen molar-refractivity contribution in [3.05, 3.63) is 66.2 Å². The Kier molecular flexibility index (Phi) is 5.72. The van der Waals surface area contributed by atoms with Gasteiger partial charge in [-0.3, -0.25) is 4.99 Å². The van der Waals surface area contributed by atoms with Gasteiger partial charge in [0.25, 0.3) is 0 Å². The van der Waals surface area contributed by atoms with Crippen molar-refractivity contribution in [1.29, 1.82) is 0 Å². The van der Waals surface area contributed by atoms with Gasteiger partial charge in [-0.25, -0.2) is 0 Å². The van der Waals surface area contributed by atoms with Crippen molar-refractivity contribution in [2.45, 2.75) is 12.3 Å². The van der Waals surface area contributed by atoms with Gasteiger partial charge in [0, 0.05) is 13.6 Å². The summed E-state index contributed by atoms with van der Waals surface area (Å²) in [5.41, 5.74) is 1.45. The lowest BCUT2D eigenvalue weighted by molar-refractivity contribution is 0.322. The van der Waals surface area contributed by atoms with Crippen LogP contribution in [0.1, 0.15) is 17.9 Å². The molecule has 1 saturated carbocycles. The van der Waals surface area contributed by atoms with Crippen LogP contribution in [0.4, 0.5) is 0 Å². The molecule has 24 heavy (non-hydrogen) atoms. The van der Waals surface area contributed by atoms with Gasteiger partial charge in [-0.05, 0) is 36.0 Å². The molecule has 4 heteroatoms. The number of hydrogen-bond acceptors (Lipinski definition) is 2. The van der Waals surface area contributed by atoms with Gasteiger partial charge < -0.3 is 15.4 Å². The molecule has 2 N–H and O–H groups in total. The monoisotopic (exact) mass is 323 g/mol. The molecule has 1 aliphatic rings. The quantitative estimate of drug-likeness (QED) is 0.468. The van der Waals surface area contributed by atoms with Crippen molar-refractivity contribution < 1.29 is 4.74 Å². The molecule has 0 heterocycles. The molecule has 1 aliphatic carbocycles. The van der Waals surface area contributed by atoms with Gasteiger partial charge in [0.1, 0.15) is 12.4 Å². The highest BCUT2D eigenvalue weighted by atomic mass is 16.5. The molecule has 2 unspecified atom stereocenters. The summed E-state index contributed by atoms with van der Waals surface area (Å²) in [6.45, 7) is 2.29. The van der Waals surface area contributed by atoms with Crippen LogP contribution >= 0.6 is 0 Å². The molecule has 0 radical (unpaired) electrons. The number of rotatable bonds is 7. The maximum Gasteiger partial charge on any atom is 0.191 e. The van der Waals surface area contributed by atoms with E-state index in [1.54, 1.807) is 7.05 Å². The number of hydrogen-bond donors (Lipinski definition) is 2. The molecule has 4 nitrogen and oxygen atoms in total. The van der Waals surface area contributed by atoms with E-state index in [1.165, 1.54) is 12.0 Å². The Morgan fingerprint density at radius 3 is 2.46 bits per heavy atom. The van der Waals surface area contributed by atoms with E-state index in [-0.39, 0.29) is 0 Å². The normalized spacial score (nSPS) is 19.6. The van der Waals surface area contributed by atoms with Gasteiger partial charge in [0.05, 0.1) is 6.54 Å². The van der Waals surface area contributed by atoms with Gasteiger partial charge in [-0.15, -0.1) is 0 Å². The molecule has 126 valence electrons. The average Bonchev–Trinajstić information content (AvgIpc) is 3.42. The average molecular weight is 323 g/mol. The first kappa shape index (κ1) is 16.4. The fourth-order valence-electron chi connectivity index (χ4n) is 2.89. The lowest BCUT2D eigenvalue weighted by atomic mass is 10.1. The van der Waals surface area contributed by atoms with E-state index in [0.717, 1.165) is 24.8 Å². The van der Waals surface area contributed by atoms with Gasteiger partial charge in [-0.2, -0.15) is 0 Å². The first-order chi connectivity index (χ1) is 11.9. The van der Waals surface area contributed by atoms with E-state index in [1.807, 2.05) is 30.3 Å². The van der Waals surface area contributed by atoms with E-state index >= 15 is 0 Å². The predicted molar refractivity (Wildman–Crippen MR) is 98.6 cm³/mol. The topological polar surface area (TPSA) is 45.7 Å². The van der Waals surface area contributed by atoms with Crippen LogP contribution in [0.15, 0.2) is 65.7 Å². The summed E-state index contributed by atoms with van der Waals surface area (Å²) in [4.78, 5) is 4.27. The molecule has 2 aromatic carbocycles. The van der Waals surface area contributed by atoms with Crippen LogP contribution in [0.5, 0.6) is 5.75 Å². The third kappa shape index (κ3) is 4.75. The third-order valence-electron chi connectivity index (χ3n) is 4.31. The minimum Gasteiger partial charge on any atom is -0.492 e. The van der Waals surface area contributed by atoms with Crippen molar-refractivity contribution in [3.63, 3.8) is 0 Å². The van der Waals surface area contributed by atoms with Gasteiger partial charge in [0.2, 0.25) is 0 Å². The second kappa shape index (κ2) is 8.39. The van der Waals surface area contributed by atoms with Crippen LogP contribution in [-0.4, -0.2) is 32.7 Å². The molecule has 2 aromatic rings. The van der Waals surface area contributed by atoms with E-state index in [0.29, 0.717) is 18.4 Å². The second-order valence-corrected chi connectivity index (χ2v) is 6.05. The number of nitrogens with zero attached hydrogens (tertiary/aromatic N) is 1. The zero-order chi connectivity index (χ0) is 16.6. The highest BCUT2D eigenvalue weighted by Gasteiger charge is 2.37. The summed E-state index contributed by atoms with van der Waals surface area (Å²) in [6, 6.07) is 20.6. The maximum absolute atomic E-state index is 5.67. The fourth-order valence-corrected chi connectivity index (χ4v) is 2.89. The van der Waals surface area contributed by atoms with Crippen molar-refractivity contribution in [1.82, 2.24) is 10.6 Å². The Labute approximate surface area is 144 Å². The van der Waals surface area contributed by atoms with Crippen LogP contribution in [0.2, 0.25) is 0 Å². The van der Waals surface area contributed by atoms with Crippen molar-refractivity contribution in [2.75, 3.05) is 26.7 Å². The molecule has 2 atom stereocenters. The Bertz CT molecular complexity index is 642. The zero-order valence-corrected chi connectivity index (χ0v) is 14.1. The number of para-hydroxylation sites is 1. The first-order valence-electron chi connectivity index (χ1n) is 8.54. The summed E-state index contributed by atoms with van der Waals surface area (Å²) in [6.07, 6.45) is 1.26. The standard InChI is InChI=1S/C20H25N3O/c1-21-20(22-12-13-24-18-10-6-3-7-11-18)23-15-17-14-19(17)16-8-4-2-5-9-16/h2-11,17,19H,12-15H2,1H3,(H2,21,22,23). The Morgan fingerprint density at radius 1 is 1.04 bits per heavy atom. The number of benzene rings is 2. The van der Waals surface area contributed by atoms with E-state index in [4.69, 9.17) is 4.74 Å². The summed E-state index contributed by atoms with van der Waals surface area (Å²) in [5, 5.41) is 6.70. The minimum absolute atomic E-state index is 0.612. The molecule has 3 rings (SSSR count). The van der Waals surface area contributed by atoms with Crippen molar-refractivity contribution in [3.8, 4) is 5.75 Å². The second-order valence-electron chi connectivity index (χ2n) is 6.05. The highest BCUT2D eigenvalue weighted by molar-refractivity contribution is 5.79. The molecule has 0 bridgehead atoms. The summed E-state index contributed by atoms with van der Waals surface area (Å²) in [5.74, 6) is 3.13. The number of guanidine groups is 1. The summed E-state index contributed by atoms with van der Waals surface area (Å²) >= 11 is 0. The molecular weight excluding hydrogens is 298 g/mol. The van der Waals surface area contributed by atoms with Crippen molar-refractivity contribution in [2.24, 2.45) is 10.9 Å². The van der Waals surface area contributed by atoms with E-state index in [9.17, 15) is 0 Å². The molecule has 0 aromatic heterocycles. The van der Waals surface area contributed by atoms with Crippen LogP contribution in [-0.2, 0) is 0 Å².